The van der Waals surface area contributed by atoms with Crippen molar-refractivity contribution in [2.24, 2.45) is 0 Å². The Morgan fingerprint density at radius 3 is 2.71 bits per heavy atom. The van der Waals surface area contributed by atoms with Gasteiger partial charge in [0.2, 0.25) is 11.7 Å². The number of aromatic carboxylic acids is 1. The lowest BCUT2D eigenvalue weighted by molar-refractivity contribution is 0.0697. The van der Waals surface area contributed by atoms with E-state index in [-0.39, 0.29) is 16.9 Å². The van der Waals surface area contributed by atoms with E-state index in [0.717, 1.165) is 11.3 Å². The molecule has 2 aromatic heterocycles. The van der Waals surface area contributed by atoms with Crippen molar-refractivity contribution in [1.82, 2.24) is 10.1 Å². The maximum absolute atomic E-state index is 11.2. The van der Waals surface area contributed by atoms with Crippen molar-refractivity contribution in [3.05, 3.63) is 27.5 Å². The molecule has 0 aliphatic carbocycles. The molecule has 2 rings (SSSR count). The molecule has 0 atom stereocenters. The molecule has 0 spiro atoms. The Balaban J connectivity index is 2.11. The van der Waals surface area contributed by atoms with Gasteiger partial charge in [0.05, 0.1) is 0 Å². The summed E-state index contributed by atoms with van der Waals surface area (Å²) in [5.41, 5.74) is -0.227. The predicted octanol–water partition coefficient (Wildman–Crippen LogP) is 3.27. The Morgan fingerprint density at radius 1 is 1.48 bits per heavy atom. The largest absolute Gasteiger partial charge is 0.484 e. The highest BCUT2D eigenvalue weighted by atomic mass is 32.1. The zero-order chi connectivity index (χ0) is 15.6. The predicted molar refractivity (Wildman–Crippen MR) is 78.0 cm³/mol. The third-order valence-electron chi connectivity index (χ3n) is 2.76. The van der Waals surface area contributed by atoms with Crippen molar-refractivity contribution in [3.63, 3.8) is 0 Å². The van der Waals surface area contributed by atoms with Crippen LogP contribution in [0.2, 0.25) is 0 Å². The van der Waals surface area contributed by atoms with Crippen LogP contribution < -0.4 is 4.74 Å². The molecule has 0 amide bonds. The number of rotatable bonds is 5. The summed E-state index contributed by atoms with van der Waals surface area (Å²) in [6, 6.07) is 1.75. The minimum Gasteiger partial charge on any atom is -0.484 e. The van der Waals surface area contributed by atoms with Gasteiger partial charge in [-0.1, -0.05) is 32.9 Å². The fourth-order valence-electron chi connectivity index (χ4n) is 1.61. The van der Waals surface area contributed by atoms with Gasteiger partial charge in [-0.3, -0.25) is 0 Å². The topological polar surface area (TPSA) is 85.5 Å². The molecule has 114 valence electrons. The van der Waals surface area contributed by atoms with E-state index in [2.05, 4.69) is 10.1 Å². The Labute approximate surface area is 126 Å². The van der Waals surface area contributed by atoms with E-state index in [1.54, 1.807) is 6.07 Å². The van der Waals surface area contributed by atoms with E-state index >= 15 is 0 Å². The third kappa shape index (κ3) is 3.60. The van der Waals surface area contributed by atoms with Crippen molar-refractivity contribution in [2.75, 3.05) is 0 Å². The molecule has 0 saturated carbocycles. The van der Waals surface area contributed by atoms with Crippen LogP contribution in [0.15, 0.2) is 10.6 Å². The van der Waals surface area contributed by atoms with Crippen LogP contribution in [0.4, 0.5) is 0 Å². The summed E-state index contributed by atoms with van der Waals surface area (Å²) in [4.78, 5) is 16.6. The van der Waals surface area contributed by atoms with Gasteiger partial charge in [0, 0.05) is 10.3 Å². The SMILES string of the molecule is CCc1cc(OCc2noc(C(C)(C)C)n2)c(C(=O)O)s1. The summed E-state index contributed by atoms with van der Waals surface area (Å²) in [7, 11) is 0. The Bertz CT molecular complexity index is 640. The summed E-state index contributed by atoms with van der Waals surface area (Å²) >= 11 is 1.22. The van der Waals surface area contributed by atoms with E-state index < -0.39 is 5.97 Å². The van der Waals surface area contributed by atoms with Gasteiger partial charge in [0.15, 0.2) is 11.5 Å². The molecule has 0 aliphatic rings. The van der Waals surface area contributed by atoms with Gasteiger partial charge in [-0.15, -0.1) is 11.3 Å². The quantitative estimate of drug-likeness (QED) is 0.912. The van der Waals surface area contributed by atoms with Crippen LogP contribution in [0.3, 0.4) is 0 Å². The van der Waals surface area contributed by atoms with Gasteiger partial charge in [-0.2, -0.15) is 4.98 Å². The number of aromatic nitrogens is 2. The molecule has 2 heterocycles. The molecule has 0 radical (unpaired) electrons. The summed E-state index contributed by atoms with van der Waals surface area (Å²) in [6.07, 6.45) is 0.769. The Kier molecular flexibility index (Phi) is 4.32. The average molecular weight is 310 g/mol. The van der Waals surface area contributed by atoms with Gasteiger partial charge in [0.25, 0.3) is 0 Å². The second-order valence-electron chi connectivity index (χ2n) is 5.62. The highest BCUT2D eigenvalue weighted by Gasteiger charge is 2.22. The molecule has 2 aromatic rings. The van der Waals surface area contributed by atoms with Gasteiger partial charge in [-0.05, 0) is 12.5 Å². The van der Waals surface area contributed by atoms with Crippen LogP contribution in [0.25, 0.3) is 0 Å². The number of hydrogen-bond acceptors (Lipinski definition) is 6. The second-order valence-corrected chi connectivity index (χ2v) is 6.76. The number of carboxylic acid groups (broad SMARTS) is 1. The highest BCUT2D eigenvalue weighted by molar-refractivity contribution is 7.14. The molecular weight excluding hydrogens is 292 g/mol. The molecule has 0 saturated heterocycles. The van der Waals surface area contributed by atoms with Gasteiger partial charge in [0.1, 0.15) is 5.75 Å². The smallest absolute Gasteiger partial charge is 0.349 e. The number of nitrogens with zero attached hydrogens (tertiary/aromatic N) is 2. The second kappa shape index (κ2) is 5.85. The first kappa shape index (κ1) is 15.5. The monoisotopic (exact) mass is 310 g/mol. The van der Waals surface area contributed by atoms with Gasteiger partial charge >= 0.3 is 5.97 Å². The van der Waals surface area contributed by atoms with E-state index in [0.29, 0.717) is 17.5 Å². The summed E-state index contributed by atoms with van der Waals surface area (Å²) in [5, 5.41) is 13.0. The molecule has 0 fully saturated rings. The molecule has 21 heavy (non-hydrogen) atoms. The Morgan fingerprint density at radius 2 is 2.19 bits per heavy atom. The summed E-state index contributed by atoms with van der Waals surface area (Å²) in [5.74, 6) is 0.296. The molecule has 7 heteroatoms. The first-order chi connectivity index (χ1) is 9.81. The first-order valence-corrected chi connectivity index (χ1v) is 7.44. The minimum absolute atomic E-state index is 0.0831. The summed E-state index contributed by atoms with van der Waals surface area (Å²) in [6.45, 7) is 7.97. The van der Waals surface area contributed by atoms with E-state index in [1.165, 1.54) is 11.3 Å². The molecule has 1 N–H and O–H groups in total. The third-order valence-corrected chi connectivity index (χ3v) is 4.01. The van der Waals surface area contributed by atoms with Crippen LogP contribution >= 0.6 is 11.3 Å². The van der Waals surface area contributed by atoms with Crippen molar-refractivity contribution < 1.29 is 19.2 Å². The Hall–Kier alpha value is -1.89. The number of thiophene rings is 1. The van der Waals surface area contributed by atoms with E-state index in [4.69, 9.17) is 14.4 Å². The maximum atomic E-state index is 11.2. The lowest BCUT2D eigenvalue weighted by Crippen LogP contribution is -2.11. The first-order valence-electron chi connectivity index (χ1n) is 6.63. The number of carboxylic acids is 1. The standard InChI is InChI=1S/C14H18N2O4S/c1-5-8-6-9(11(21-8)12(17)18)19-7-10-15-13(20-16-10)14(2,3)4/h6H,5,7H2,1-4H3,(H,17,18). The van der Waals surface area contributed by atoms with Crippen molar-refractivity contribution >= 4 is 17.3 Å². The van der Waals surface area contributed by atoms with Crippen LogP contribution in [-0.4, -0.2) is 21.2 Å². The van der Waals surface area contributed by atoms with Crippen molar-refractivity contribution in [3.8, 4) is 5.75 Å². The number of carbonyl (C=O) groups is 1. The molecule has 6 nitrogen and oxygen atoms in total. The van der Waals surface area contributed by atoms with Crippen LogP contribution in [0.5, 0.6) is 5.75 Å². The maximum Gasteiger partial charge on any atom is 0.349 e. The lowest BCUT2D eigenvalue weighted by atomic mass is 9.97. The number of ether oxygens (including phenoxy) is 1. The summed E-state index contributed by atoms with van der Waals surface area (Å²) < 4.78 is 10.7. The average Bonchev–Trinajstić information content (AvgIpc) is 3.02. The fraction of sp³-hybridized carbons (Fsp3) is 0.500. The zero-order valence-electron chi connectivity index (χ0n) is 12.5. The van der Waals surface area contributed by atoms with Crippen LogP contribution in [0, 0.1) is 0 Å². The minimum atomic E-state index is -0.988. The van der Waals surface area contributed by atoms with Gasteiger partial charge < -0.3 is 14.4 Å². The molecule has 0 aromatic carbocycles. The lowest BCUT2D eigenvalue weighted by Gasteiger charge is -2.10. The molecule has 0 aliphatic heterocycles. The zero-order valence-corrected chi connectivity index (χ0v) is 13.3. The fourth-order valence-corrected chi connectivity index (χ4v) is 2.49. The van der Waals surface area contributed by atoms with Crippen LogP contribution in [-0.2, 0) is 18.4 Å². The van der Waals surface area contributed by atoms with E-state index in [1.807, 2.05) is 27.7 Å². The van der Waals surface area contributed by atoms with Crippen molar-refractivity contribution in [1.29, 1.82) is 0 Å². The molecule has 0 unspecified atom stereocenters. The van der Waals surface area contributed by atoms with Crippen LogP contribution in [0.1, 0.15) is 54.0 Å². The highest BCUT2D eigenvalue weighted by Crippen LogP contribution is 2.30. The van der Waals surface area contributed by atoms with E-state index in [9.17, 15) is 4.79 Å². The normalized spacial score (nSPS) is 11.6. The van der Waals surface area contributed by atoms with Gasteiger partial charge in [-0.25, -0.2) is 4.79 Å². The molecule has 0 bridgehead atoms. The molecular formula is C14H18N2O4S. The number of aryl methyl sites for hydroxylation is 1. The van der Waals surface area contributed by atoms with Crippen molar-refractivity contribution in [2.45, 2.75) is 46.1 Å². The number of hydrogen-bond donors (Lipinski definition) is 1.